The number of thioether (sulfide) groups is 1. The lowest BCUT2D eigenvalue weighted by Crippen LogP contribution is -2.51. The molecule has 1 heterocycles. The molecule has 0 atom stereocenters. The van der Waals surface area contributed by atoms with E-state index in [-0.39, 0.29) is 5.41 Å². The summed E-state index contributed by atoms with van der Waals surface area (Å²) >= 11 is 1.97. The van der Waals surface area contributed by atoms with Gasteiger partial charge in [-0.25, -0.2) is 0 Å². The van der Waals surface area contributed by atoms with Gasteiger partial charge in [0.05, 0.1) is 5.41 Å². The summed E-state index contributed by atoms with van der Waals surface area (Å²) in [7, 11) is 0. The zero-order chi connectivity index (χ0) is 15.2. The molecule has 0 bridgehead atoms. The molecular formula is C17H32N2OS. The summed E-state index contributed by atoms with van der Waals surface area (Å²) in [6, 6.07) is 0. The molecule has 2 rings (SSSR count). The van der Waals surface area contributed by atoms with Crippen molar-refractivity contribution in [1.29, 1.82) is 0 Å². The highest BCUT2D eigenvalue weighted by atomic mass is 32.2. The molecule has 1 amide bonds. The van der Waals surface area contributed by atoms with Crippen LogP contribution in [0, 0.1) is 5.41 Å². The van der Waals surface area contributed by atoms with Crippen LogP contribution in [0.3, 0.4) is 0 Å². The number of hydrogen-bond acceptors (Lipinski definition) is 3. The van der Waals surface area contributed by atoms with Crippen LogP contribution in [-0.2, 0) is 4.79 Å². The number of piperidine rings is 1. The third-order valence-electron chi connectivity index (χ3n) is 5.54. The first-order valence-electron chi connectivity index (χ1n) is 8.71. The van der Waals surface area contributed by atoms with Gasteiger partial charge in [-0.3, -0.25) is 4.79 Å². The van der Waals surface area contributed by atoms with Crippen LogP contribution < -0.4 is 10.6 Å². The van der Waals surface area contributed by atoms with E-state index in [4.69, 9.17) is 0 Å². The molecule has 1 aliphatic heterocycles. The molecule has 1 aliphatic carbocycles. The zero-order valence-electron chi connectivity index (χ0n) is 13.8. The van der Waals surface area contributed by atoms with E-state index < -0.39 is 0 Å². The van der Waals surface area contributed by atoms with Gasteiger partial charge < -0.3 is 10.6 Å². The smallest absolute Gasteiger partial charge is 0.226 e. The standard InChI is InChI=1S/C17H32N2OS/c1-3-7-16(10-12-18-13-11-16)15(20)19-14-17(21-2)8-5-4-6-9-17/h18H,3-14H2,1-2H3,(H,19,20). The molecule has 2 N–H and O–H groups in total. The van der Waals surface area contributed by atoms with Crippen molar-refractivity contribution in [2.24, 2.45) is 5.41 Å². The first-order valence-corrected chi connectivity index (χ1v) is 9.93. The van der Waals surface area contributed by atoms with Gasteiger partial charge in [0.2, 0.25) is 5.91 Å². The number of carbonyl (C=O) groups is 1. The normalized spacial score (nSPS) is 24.5. The number of nitrogens with one attached hydrogen (secondary N) is 2. The second kappa shape index (κ2) is 7.87. The van der Waals surface area contributed by atoms with E-state index in [2.05, 4.69) is 23.8 Å². The monoisotopic (exact) mass is 312 g/mol. The highest BCUT2D eigenvalue weighted by molar-refractivity contribution is 8.00. The lowest BCUT2D eigenvalue weighted by molar-refractivity contribution is -0.133. The molecule has 0 unspecified atom stereocenters. The van der Waals surface area contributed by atoms with Crippen molar-refractivity contribution in [2.45, 2.75) is 69.5 Å². The van der Waals surface area contributed by atoms with Gasteiger partial charge in [0, 0.05) is 11.3 Å². The minimum atomic E-state index is -0.103. The number of hydrogen-bond donors (Lipinski definition) is 2. The van der Waals surface area contributed by atoms with Crippen LogP contribution in [0.25, 0.3) is 0 Å². The quantitative estimate of drug-likeness (QED) is 0.790. The molecule has 2 fully saturated rings. The fourth-order valence-electron chi connectivity index (χ4n) is 4.05. The Balaban J connectivity index is 1.94. The first-order chi connectivity index (χ1) is 10.2. The average molecular weight is 313 g/mol. The van der Waals surface area contributed by atoms with E-state index in [9.17, 15) is 4.79 Å². The first kappa shape index (κ1) is 17.1. The van der Waals surface area contributed by atoms with Gasteiger partial charge >= 0.3 is 0 Å². The van der Waals surface area contributed by atoms with Crippen LogP contribution in [0.5, 0.6) is 0 Å². The summed E-state index contributed by atoms with van der Waals surface area (Å²) < 4.78 is 0.300. The van der Waals surface area contributed by atoms with Crippen LogP contribution >= 0.6 is 11.8 Å². The Morgan fingerprint density at radius 2 is 1.81 bits per heavy atom. The van der Waals surface area contributed by atoms with Crippen LogP contribution in [0.4, 0.5) is 0 Å². The molecule has 0 radical (unpaired) electrons. The van der Waals surface area contributed by atoms with Crippen LogP contribution in [0.2, 0.25) is 0 Å². The highest BCUT2D eigenvalue weighted by Crippen LogP contribution is 2.39. The molecule has 3 nitrogen and oxygen atoms in total. The van der Waals surface area contributed by atoms with Crippen molar-refractivity contribution < 1.29 is 4.79 Å². The summed E-state index contributed by atoms with van der Waals surface area (Å²) in [5.74, 6) is 0.324. The molecule has 0 aromatic carbocycles. The minimum absolute atomic E-state index is 0.103. The Bertz CT molecular complexity index is 328. The van der Waals surface area contributed by atoms with Crippen LogP contribution in [0.1, 0.15) is 64.7 Å². The van der Waals surface area contributed by atoms with Gasteiger partial charge in [0.25, 0.3) is 0 Å². The topological polar surface area (TPSA) is 41.1 Å². The molecule has 4 heteroatoms. The number of amides is 1. The van der Waals surface area contributed by atoms with E-state index in [1.165, 1.54) is 32.1 Å². The predicted octanol–water partition coefficient (Wildman–Crippen LogP) is 3.34. The maximum atomic E-state index is 12.9. The SMILES string of the molecule is CCCC1(C(=O)NCC2(SC)CCCCC2)CCNCC1. The molecule has 0 spiro atoms. The summed E-state index contributed by atoms with van der Waals surface area (Å²) in [5, 5.41) is 6.74. The second-order valence-corrected chi connectivity index (χ2v) is 8.19. The van der Waals surface area contributed by atoms with Gasteiger partial charge in [0.1, 0.15) is 0 Å². The Morgan fingerprint density at radius 3 is 2.38 bits per heavy atom. The lowest BCUT2D eigenvalue weighted by atomic mass is 9.74. The van der Waals surface area contributed by atoms with Gasteiger partial charge in [-0.05, 0) is 51.4 Å². The molecule has 122 valence electrons. The second-order valence-electron chi connectivity index (χ2n) is 6.91. The summed E-state index contributed by atoms with van der Waals surface area (Å²) in [6.07, 6.45) is 12.9. The zero-order valence-corrected chi connectivity index (χ0v) is 14.6. The molecule has 0 aromatic rings. The Kier molecular flexibility index (Phi) is 6.42. The third-order valence-corrected chi connectivity index (χ3v) is 6.96. The van der Waals surface area contributed by atoms with Crippen LogP contribution in [0.15, 0.2) is 0 Å². The molecule has 2 aliphatic rings. The third kappa shape index (κ3) is 4.16. The molecule has 1 saturated carbocycles. The fourth-order valence-corrected chi connectivity index (χ4v) is 4.97. The van der Waals surface area contributed by atoms with Crippen molar-refractivity contribution in [1.82, 2.24) is 10.6 Å². The predicted molar refractivity (Wildman–Crippen MR) is 91.8 cm³/mol. The van der Waals surface area contributed by atoms with Crippen LogP contribution in [-0.4, -0.2) is 36.5 Å². The van der Waals surface area contributed by atoms with E-state index in [1.54, 1.807) is 0 Å². The van der Waals surface area contributed by atoms with Crippen molar-refractivity contribution in [3.8, 4) is 0 Å². The molecule has 21 heavy (non-hydrogen) atoms. The Morgan fingerprint density at radius 1 is 1.14 bits per heavy atom. The van der Waals surface area contributed by atoms with Crippen molar-refractivity contribution in [2.75, 3.05) is 25.9 Å². The molecule has 0 aromatic heterocycles. The lowest BCUT2D eigenvalue weighted by Gasteiger charge is -2.39. The number of carbonyl (C=O) groups excluding carboxylic acids is 1. The van der Waals surface area contributed by atoms with Crippen molar-refractivity contribution in [3.63, 3.8) is 0 Å². The molecular weight excluding hydrogens is 280 g/mol. The maximum absolute atomic E-state index is 12.9. The summed E-state index contributed by atoms with van der Waals surface area (Å²) in [4.78, 5) is 12.9. The van der Waals surface area contributed by atoms with Gasteiger partial charge in [-0.2, -0.15) is 11.8 Å². The largest absolute Gasteiger partial charge is 0.354 e. The summed E-state index contributed by atoms with van der Waals surface area (Å²) in [6.45, 7) is 5.04. The molecule has 1 saturated heterocycles. The number of rotatable bonds is 6. The highest BCUT2D eigenvalue weighted by Gasteiger charge is 2.40. The Labute approximate surface area is 134 Å². The van der Waals surface area contributed by atoms with Gasteiger partial charge in [-0.1, -0.05) is 32.6 Å². The van der Waals surface area contributed by atoms with Crippen molar-refractivity contribution >= 4 is 17.7 Å². The van der Waals surface area contributed by atoms with E-state index in [0.29, 0.717) is 10.7 Å². The van der Waals surface area contributed by atoms with E-state index >= 15 is 0 Å². The van der Waals surface area contributed by atoms with E-state index in [1.807, 2.05) is 11.8 Å². The Hall–Kier alpha value is -0.220. The minimum Gasteiger partial charge on any atom is -0.354 e. The average Bonchev–Trinajstić information content (AvgIpc) is 2.54. The van der Waals surface area contributed by atoms with Gasteiger partial charge in [-0.15, -0.1) is 0 Å². The van der Waals surface area contributed by atoms with E-state index in [0.717, 1.165) is 45.3 Å². The van der Waals surface area contributed by atoms with Gasteiger partial charge in [0.15, 0.2) is 0 Å². The maximum Gasteiger partial charge on any atom is 0.226 e. The van der Waals surface area contributed by atoms with Crippen molar-refractivity contribution in [3.05, 3.63) is 0 Å². The fraction of sp³-hybridized carbons (Fsp3) is 0.941. The summed E-state index contributed by atoms with van der Waals surface area (Å²) in [5.41, 5.74) is -0.103.